The van der Waals surface area contributed by atoms with Gasteiger partial charge in [0.05, 0.1) is 12.6 Å². The molecule has 0 aromatic carbocycles. The van der Waals surface area contributed by atoms with E-state index in [0.717, 1.165) is 6.42 Å². The highest BCUT2D eigenvalue weighted by Gasteiger charge is 2.34. The molecule has 0 aromatic rings. The van der Waals surface area contributed by atoms with E-state index in [9.17, 15) is 9.59 Å². The topological polar surface area (TPSA) is 75.4 Å². The smallest absolute Gasteiger partial charge is 0.324 e. The van der Waals surface area contributed by atoms with Crippen LogP contribution in [-0.2, 0) is 4.79 Å². The van der Waals surface area contributed by atoms with Gasteiger partial charge in [0.2, 0.25) is 5.91 Å². The summed E-state index contributed by atoms with van der Waals surface area (Å²) in [5, 5.41) is 2.46. The molecule has 0 bridgehead atoms. The Labute approximate surface area is 77.3 Å². The van der Waals surface area contributed by atoms with Gasteiger partial charge >= 0.3 is 6.03 Å². The minimum absolute atomic E-state index is 0.0968. The highest BCUT2D eigenvalue weighted by atomic mass is 16.2. The summed E-state index contributed by atoms with van der Waals surface area (Å²) in [6.07, 6.45) is 0.748. The van der Waals surface area contributed by atoms with Crippen molar-refractivity contribution in [3.63, 3.8) is 0 Å². The standard InChI is InChI=1S/C8H15N3O2/c1-3-6(9)5(2)11-7(12)4-10-8(11)13/h5-6H,3-4,9H2,1-2H3,(H,10,13). The number of hydrogen-bond acceptors (Lipinski definition) is 3. The molecule has 5 nitrogen and oxygen atoms in total. The molecule has 74 valence electrons. The molecule has 1 saturated heterocycles. The molecule has 0 spiro atoms. The molecule has 5 heteroatoms. The van der Waals surface area contributed by atoms with Crippen molar-refractivity contribution in [3.8, 4) is 0 Å². The lowest BCUT2D eigenvalue weighted by atomic mass is 10.1. The van der Waals surface area contributed by atoms with Gasteiger partial charge in [-0.1, -0.05) is 6.92 Å². The molecule has 3 N–H and O–H groups in total. The second kappa shape index (κ2) is 3.74. The minimum atomic E-state index is -0.332. The number of nitrogens with zero attached hydrogens (tertiary/aromatic N) is 1. The molecule has 13 heavy (non-hydrogen) atoms. The summed E-state index contributed by atoms with van der Waals surface area (Å²) in [4.78, 5) is 23.6. The third-order valence-electron chi connectivity index (χ3n) is 2.38. The number of nitrogens with two attached hydrogens (primary N) is 1. The van der Waals surface area contributed by atoms with Crippen LogP contribution in [0.4, 0.5) is 4.79 Å². The van der Waals surface area contributed by atoms with Crippen molar-refractivity contribution in [2.75, 3.05) is 6.54 Å². The van der Waals surface area contributed by atoms with E-state index in [2.05, 4.69) is 5.32 Å². The van der Waals surface area contributed by atoms with E-state index >= 15 is 0 Å². The van der Waals surface area contributed by atoms with Crippen molar-refractivity contribution in [1.82, 2.24) is 10.2 Å². The van der Waals surface area contributed by atoms with Crippen LogP contribution >= 0.6 is 0 Å². The third-order valence-corrected chi connectivity index (χ3v) is 2.38. The van der Waals surface area contributed by atoms with E-state index in [1.54, 1.807) is 6.92 Å². The normalized spacial score (nSPS) is 21.6. The average molecular weight is 185 g/mol. The molecule has 1 fully saturated rings. The van der Waals surface area contributed by atoms with Crippen LogP contribution in [0.1, 0.15) is 20.3 Å². The Hall–Kier alpha value is -1.10. The van der Waals surface area contributed by atoms with Crippen LogP contribution in [0.3, 0.4) is 0 Å². The van der Waals surface area contributed by atoms with Gasteiger partial charge in [0, 0.05) is 6.04 Å². The lowest BCUT2D eigenvalue weighted by Crippen LogP contribution is -2.48. The molecule has 2 atom stereocenters. The number of carbonyl (C=O) groups is 2. The highest BCUT2D eigenvalue weighted by Crippen LogP contribution is 2.09. The Bertz CT molecular complexity index is 213. The van der Waals surface area contributed by atoms with Crippen molar-refractivity contribution in [1.29, 1.82) is 0 Å². The molecule has 1 aliphatic heterocycles. The van der Waals surface area contributed by atoms with Gasteiger partial charge in [0.1, 0.15) is 0 Å². The SMILES string of the molecule is CCC(N)C(C)N1C(=O)CNC1=O. The Morgan fingerprint density at radius 3 is 2.62 bits per heavy atom. The number of urea groups is 1. The highest BCUT2D eigenvalue weighted by molar-refractivity contribution is 6.02. The first-order chi connectivity index (χ1) is 6.07. The van der Waals surface area contributed by atoms with Crippen LogP contribution in [-0.4, -0.2) is 35.5 Å². The van der Waals surface area contributed by atoms with E-state index < -0.39 is 0 Å². The zero-order valence-corrected chi connectivity index (χ0v) is 7.91. The molecule has 0 radical (unpaired) electrons. The first-order valence-electron chi connectivity index (χ1n) is 4.43. The zero-order valence-electron chi connectivity index (χ0n) is 7.91. The Morgan fingerprint density at radius 2 is 2.23 bits per heavy atom. The molecule has 2 unspecified atom stereocenters. The van der Waals surface area contributed by atoms with E-state index in [1.807, 2.05) is 6.92 Å². The number of carbonyl (C=O) groups excluding carboxylic acids is 2. The summed E-state index contributed by atoms with van der Waals surface area (Å²) in [6, 6.07) is -0.700. The van der Waals surface area contributed by atoms with Crippen LogP contribution in [0.5, 0.6) is 0 Å². The fourth-order valence-electron chi connectivity index (χ4n) is 1.38. The van der Waals surface area contributed by atoms with E-state index in [4.69, 9.17) is 5.73 Å². The lowest BCUT2D eigenvalue weighted by Gasteiger charge is -2.25. The number of nitrogens with one attached hydrogen (secondary N) is 1. The van der Waals surface area contributed by atoms with Gasteiger partial charge in [-0.25, -0.2) is 4.79 Å². The van der Waals surface area contributed by atoms with E-state index in [-0.39, 0.29) is 30.6 Å². The summed E-state index contributed by atoms with van der Waals surface area (Å²) in [7, 11) is 0. The van der Waals surface area contributed by atoms with Gasteiger partial charge in [-0.15, -0.1) is 0 Å². The maximum absolute atomic E-state index is 11.2. The fraction of sp³-hybridized carbons (Fsp3) is 0.750. The molecule has 0 aromatic heterocycles. The first-order valence-corrected chi connectivity index (χ1v) is 4.43. The molecule has 3 amide bonds. The van der Waals surface area contributed by atoms with Gasteiger partial charge in [-0.3, -0.25) is 9.69 Å². The summed E-state index contributed by atoms with van der Waals surface area (Å²) in [6.45, 7) is 3.82. The van der Waals surface area contributed by atoms with Gasteiger partial charge < -0.3 is 11.1 Å². The second-order valence-corrected chi connectivity index (χ2v) is 3.24. The largest absolute Gasteiger partial charge is 0.329 e. The first kappa shape index (κ1) is 9.98. The van der Waals surface area contributed by atoms with Crippen molar-refractivity contribution < 1.29 is 9.59 Å². The second-order valence-electron chi connectivity index (χ2n) is 3.24. The van der Waals surface area contributed by atoms with Crippen molar-refractivity contribution in [2.24, 2.45) is 5.73 Å². The maximum Gasteiger partial charge on any atom is 0.324 e. The van der Waals surface area contributed by atoms with E-state index in [0.29, 0.717) is 0 Å². The number of rotatable bonds is 3. The number of hydrogen-bond donors (Lipinski definition) is 2. The van der Waals surface area contributed by atoms with Crippen molar-refractivity contribution >= 4 is 11.9 Å². The number of amides is 3. The average Bonchev–Trinajstić information content (AvgIpc) is 2.44. The zero-order chi connectivity index (χ0) is 10.0. The van der Waals surface area contributed by atoms with Crippen LogP contribution in [0, 0.1) is 0 Å². The molecule has 1 rings (SSSR count). The minimum Gasteiger partial charge on any atom is -0.329 e. The quantitative estimate of drug-likeness (QED) is 0.591. The molecule has 1 aliphatic rings. The molecule has 0 aliphatic carbocycles. The summed E-state index contributed by atoms with van der Waals surface area (Å²) >= 11 is 0. The van der Waals surface area contributed by atoms with Crippen molar-refractivity contribution in [3.05, 3.63) is 0 Å². The number of imide groups is 1. The van der Waals surface area contributed by atoms with Crippen LogP contribution < -0.4 is 11.1 Å². The van der Waals surface area contributed by atoms with Gasteiger partial charge in [-0.05, 0) is 13.3 Å². The van der Waals surface area contributed by atoms with Crippen molar-refractivity contribution in [2.45, 2.75) is 32.4 Å². The van der Waals surface area contributed by atoms with E-state index in [1.165, 1.54) is 4.90 Å². The van der Waals surface area contributed by atoms with Crippen LogP contribution in [0.15, 0.2) is 0 Å². The van der Waals surface area contributed by atoms with Gasteiger partial charge in [0.25, 0.3) is 0 Å². The molecule has 1 heterocycles. The predicted molar refractivity (Wildman–Crippen MR) is 48.0 cm³/mol. The Morgan fingerprint density at radius 1 is 1.62 bits per heavy atom. The van der Waals surface area contributed by atoms with Crippen LogP contribution in [0.25, 0.3) is 0 Å². The lowest BCUT2D eigenvalue weighted by molar-refractivity contribution is -0.126. The molecular formula is C8H15N3O2. The Kier molecular flexibility index (Phi) is 2.87. The fourth-order valence-corrected chi connectivity index (χ4v) is 1.38. The molecular weight excluding hydrogens is 170 g/mol. The Balaban J connectivity index is 2.69. The molecule has 0 saturated carbocycles. The summed E-state index contributed by atoms with van der Waals surface area (Å²) in [5.41, 5.74) is 5.75. The van der Waals surface area contributed by atoms with Gasteiger partial charge in [-0.2, -0.15) is 0 Å². The third kappa shape index (κ3) is 1.80. The van der Waals surface area contributed by atoms with Crippen LogP contribution in [0.2, 0.25) is 0 Å². The maximum atomic E-state index is 11.2. The van der Waals surface area contributed by atoms with Gasteiger partial charge in [0.15, 0.2) is 0 Å². The summed E-state index contributed by atoms with van der Waals surface area (Å²) in [5.74, 6) is -0.193. The monoisotopic (exact) mass is 185 g/mol. The summed E-state index contributed by atoms with van der Waals surface area (Å²) < 4.78 is 0. The predicted octanol–water partition coefficient (Wildman–Crippen LogP) is -0.336.